The van der Waals surface area contributed by atoms with E-state index in [4.69, 9.17) is 15.0 Å². The lowest BCUT2D eigenvalue weighted by Gasteiger charge is -2.14. The second-order valence-electron chi connectivity index (χ2n) is 15.2. The van der Waals surface area contributed by atoms with Gasteiger partial charge in [0.25, 0.3) is 0 Å². The Morgan fingerprint density at radius 3 is 1.33 bits per heavy atom. The first-order chi connectivity index (χ1) is 29.7. The minimum atomic E-state index is 0.680. The van der Waals surface area contributed by atoms with E-state index in [1.54, 1.807) is 0 Å². The Morgan fingerprint density at radius 2 is 0.700 bits per heavy atom. The number of fused-ring (bicyclic) bond motifs is 5. The topological polar surface area (TPSA) is 38.7 Å². The summed E-state index contributed by atoms with van der Waals surface area (Å²) in [4.78, 5) is 15.8. The second kappa shape index (κ2) is 15.1. The average molecular weight is 764 g/mol. The number of para-hydroxylation sites is 1. The lowest BCUT2D eigenvalue weighted by atomic mass is 9.93. The molecule has 0 aliphatic rings. The van der Waals surface area contributed by atoms with Crippen molar-refractivity contribution in [3.05, 3.63) is 224 Å². The molecule has 2 aromatic heterocycles. The average Bonchev–Trinajstić information content (AvgIpc) is 3.34. The van der Waals surface area contributed by atoms with Crippen molar-refractivity contribution < 1.29 is 0 Å². The molecule has 280 valence electrons. The smallest absolute Gasteiger partial charge is 0.160 e. The number of pyridine rings is 1. The summed E-state index contributed by atoms with van der Waals surface area (Å²) in [6.45, 7) is 0. The Labute approximate surface area is 349 Å². The maximum absolute atomic E-state index is 5.29. The highest BCUT2D eigenvalue weighted by Gasteiger charge is 2.16. The zero-order valence-corrected chi connectivity index (χ0v) is 32.7. The van der Waals surface area contributed by atoms with Crippen molar-refractivity contribution in [2.24, 2.45) is 0 Å². The molecule has 0 aliphatic carbocycles. The van der Waals surface area contributed by atoms with E-state index >= 15 is 0 Å². The van der Waals surface area contributed by atoms with Crippen LogP contribution in [-0.2, 0) is 0 Å². The molecule has 0 spiro atoms. The van der Waals surface area contributed by atoms with Gasteiger partial charge in [0.1, 0.15) is 0 Å². The molecule has 2 heterocycles. The fourth-order valence-electron chi connectivity index (χ4n) is 8.48. The summed E-state index contributed by atoms with van der Waals surface area (Å²) >= 11 is 0. The highest BCUT2D eigenvalue weighted by molar-refractivity contribution is 6.22. The predicted molar refractivity (Wildman–Crippen MR) is 250 cm³/mol. The van der Waals surface area contributed by atoms with Gasteiger partial charge in [-0.3, -0.25) is 0 Å². The Morgan fingerprint density at radius 1 is 0.250 bits per heavy atom. The zero-order chi connectivity index (χ0) is 39.8. The van der Waals surface area contributed by atoms with Gasteiger partial charge in [0.2, 0.25) is 0 Å². The maximum atomic E-state index is 5.29. The van der Waals surface area contributed by atoms with Crippen LogP contribution in [0.3, 0.4) is 0 Å². The van der Waals surface area contributed by atoms with Crippen LogP contribution in [0.4, 0.5) is 0 Å². The second-order valence-corrected chi connectivity index (χ2v) is 15.2. The van der Waals surface area contributed by atoms with Gasteiger partial charge < -0.3 is 0 Å². The molecular formula is C57H37N3. The SMILES string of the molecule is c1ccc(-c2cccc(-c3cc(-c4cccc(-c5cccc(-c6nc7ccccc7c7c6ccc6ccccc67)c5)c4)nc(-c4cccc(-c5ccccc5)c4)n3)c2)cc1. The van der Waals surface area contributed by atoms with Crippen molar-refractivity contribution in [2.75, 3.05) is 0 Å². The van der Waals surface area contributed by atoms with Crippen LogP contribution in [0.2, 0.25) is 0 Å². The van der Waals surface area contributed by atoms with Crippen LogP contribution < -0.4 is 0 Å². The fraction of sp³-hybridized carbons (Fsp3) is 0. The van der Waals surface area contributed by atoms with Crippen LogP contribution in [0, 0.1) is 0 Å². The summed E-state index contributed by atoms with van der Waals surface area (Å²) in [6.07, 6.45) is 0. The Balaban J connectivity index is 1.04. The highest BCUT2D eigenvalue weighted by Crippen LogP contribution is 2.39. The molecule has 0 saturated heterocycles. The molecule has 0 amide bonds. The van der Waals surface area contributed by atoms with Gasteiger partial charge in [0.15, 0.2) is 5.82 Å². The normalized spacial score (nSPS) is 11.3. The molecule has 0 radical (unpaired) electrons. The van der Waals surface area contributed by atoms with E-state index in [1.807, 2.05) is 12.1 Å². The summed E-state index contributed by atoms with van der Waals surface area (Å²) in [5.74, 6) is 0.680. The Hall–Kier alpha value is -8.01. The van der Waals surface area contributed by atoms with E-state index in [0.29, 0.717) is 5.82 Å². The van der Waals surface area contributed by atoms with Gasteiger partial charge >= 0.3 is 0 Å². The maximum Gasteiger partial charge on any atom is 0.160 e. The third-order valence-electron chi connectivity index (χ3n) is 11.4. The van der Waals surface area contributed by atoms with Gasteiger partial charge in [-0.05, 0) is 80.6 Å². The van der Waals surface area contributed by atoms with E-state index in [0.717, 1.165) is 78.1 Å². The molecule has 0 N–H and O–H groups in total. The first-order valence-corrected chi connectivity index (χ1v) is 20.3. The molecule has 0 fully saturated rings. The van der Waals surface area contributed by atoms with Crippen LogP contribution in [0.25, 0.3) is 111 Å². The lowest BCUT2D eigenvalue weighted by Crippen LogP contribution is -1.96. The lowest BCUT2D eigenvalue weighted by molar-refractivity contribution is 1.18. The van der Waals surface area contributed by atoms with Gasteiger partial charge in [-0.15, -0.1) is 0 Å². The highest BCUT2D eigenvalue weighted by atomic mass is 14.9. The zero-order valence-electron chi connectivity index (χ0n) is 32.7. The summed E-state index contributed by atoms with van der Waals surface area (Å²) < 4.78 is 0. The molecule has 0 aliphatic heterocycles. The van der Waals surface area contributed by atoms with Gasteiger partial charge in [0, 0.05) is 38.4 Å². The van der Waals surface area contributed by atoms with Crippen molar-refractivity contribution in [3.8, 4) is 78.5 Å². The minimum absolute atomic E-state index is 0.680. The third-order valence-corrected chi connectivity index (χ3v) is 11.4. The van der Waals surface area contributed by atoms with Crippen LogP contribution in [0.1, 0.15) is 0 Å². The monoisotopic (exact) mass is 763 g/mol. The summed E-state index contributed by atoms with van der Waals surface area (Å²) in [5, 5.41) is 6.01. The largest absolute Gasteiger partial charge is 0.247 e. The van der Waals surface area contributed by atoms with E-state index < -0.39 is 0 Å². The molecular weight excluding hydrogens is 727 g/mol. The number of nitrogens with zero attached hydrogens (tertiary/aromatic N) is 3. The van der Waals surface area contributed by atoms with Crippen molar-refractivity contribution in [1.82, 2.24) is 15.0 Å². The van der Waals surface area contributed by atoms with Crippen LogP contribution in [0.5, 0.6) is 0 Å². The van der Waals surface area contributed by atoms with E-state index in [2.05, 4.69) is 212 Å². The summed E-state index contributed by atoms with van der Waals surface area (Å²) in [7, 11) is 0. The van der Waals surface area contributed by atoms with Crippen LogP contribution >= 0.6 is 0 Å². The number of benzene rings is 9. The number of hydrogen-bond acceptors (Lipinski definition) is 3. The molecule has 0 atom stereocenters. The molecule has 3 heteroatoms. The first-order valence-electron chi connectivity index (χ1n) is 20.3. The van der Waals surface area contributed by atoms with Crippen LogP contribution in [-0.4, -0.2) is 15.0 Å². The van der Waals surface area contributed by atoms with E-state index in [9.17, 15) is 0 Å². The third kappa shape index (κ3) is 6.58. The van der Waals surface area contributed by atoms with Crippen molar-refractivity contribution >= 4 is 32.4 Å². The molecule has 60 heavy (non-hydrogen) atoms. The molecule has 11 aromatic rings. The molecule has 0 bridgehead atoms. The molecule has 0 saturated carbocycles. The number of hydrogen-bond donors (Lipinski definition) is 0. The molecule has 9 aromatic carbocycles. The fourth-order valence-corrected chi connectivity index (χ4v) is 8.48. The van der Waals surface area contributed by atoms with Crippen molar-refractivity contribution in [3.63, 3.8) is 0 Å². The van der Waals surface area contributed by atoms with Gasteiger partial charge in [-0.25, -0.2) is 15.0 Å². The van der Waals surface area contributed by atoms with Gasteiger partial charge in [-0.1, -0.05) is 188 Å². The molecule has 0 unspecified atom stereocenters. The quantitative estimate of drug-likeness (QED) is 0.152. The standard InChI is InChI=1S/C57H37N3/c1-3-15-38(16-4-1)41-20-11-24-45(33-41)53-37-54(60-57(59-53)48-27-14-21-42(36-48)39-17-5-2-6-18-39)46-25-12-22-43(34-46)44-23-13-26-47(35-44)56-51-32-31-40-19-7-8-28-49(40)55(51)50-29-9-10-30-52(50)58-56/h1-37H. The van der Waals surface area contributed by atoms with Gasteiger partial charge in [0.05, 0.1) is 22.6 Å². The number of aromatic nitrogens is 3. The van der Waals surface area contributed by atoms with Crippen molar-refractivity contribution in [1.29, 1.82) is 0 Å². The predicted octanol–water partition coefficient (Wildman–Crippen LogP) is 15.0. The minimum Gasteiger partial charge on any atom is -0.247 e. The van der Waals surface area contributed by atoms with E-state index in [-0.39, 0.29) is 0 Å². The van der Waals surface area contributed by atoms with Crippen LogP contribution in [0.15, 0.2) is 224 Å². The van der Waals surface area contributed by atoms with E-state index in [1.165, 1.54) is 27.1 Å². The Bertz CT molecular complexity index is 3260. The summed E-state index contributed by atoms with van der Waals surface area (Å²) in [5.41, 5.74) is 14.6. The molecule has 11 rings (SSSR count). The van der Waals surface area contributed by atoms with Gasteiger partial charge in [-0.2, -0.15) is 0 Å². The van der Waals surface area contributed by atoms with Crippen molar-refractivity contribution in [2.45, 2.75) is 0 Å². The first kappa shape index (κ1) is 35.2. The summed E-state index contributed by atoms with van der Waals surface area (Å²) in [6, 6.07) is 79.2. The Kier molecular flexibility index (Phi) is 8.83. The number of rotatable bonds is 7. The molecule has 3 nitrogen and oxygen atoms in total.